The van der Waals surface area contributed by atoms with E-state index in [4.69, 9.17) is 4.42 Å². The van der Waals surface area contributed by atoms with Gasteiger partial charge in [0.25, 0.3) is 5.89 Å². The number of halogens is 1. The maximum atomic E-state index is 14.3. The number of nitrogens with zero attached hydrogens (tertiary/aromatic N) is 7. The van der Waals surface area contributed by atoms with Crippen LogP contribution in [0.1, 0.15) is 28.8 Å². The summed E-state index contributed by atoms with van der Waals surface area (Å²) in [7, 11) is 0. The summed E-state index contributed by atoms with van der Waals surface area (Å²) < 4.78 is 21.8. The molecule has 0 radical (unpaired) electrons. The summed E-state index contributed by atoms with van der Waals surface area (Å²) in [5, 5.41) is 13.1. The summed E-state index contributed by atoms with van der Waals surface area (Å²) in [5.41, 5.74) is 4.53. The molecule has 0 aliphatic carbocycles. The lowest BCUT2D eigenvalue weighted by atomic mass is 10.0. The van der Waals surface area contributed by atoms with Gasteiger partial charge in [-0.3, -0.25) is 4.98 Å². The van der Waals surface area contributed by atoms with Gasteiger partial charge in [-0.25, -0.2) is 13.9 Å². The highest BCUT2D eigenvalue weighted by molar-refractivity contribution is 5.55. The first-order valence-electron chi connectivity index (χ1n) is 9.86. The van der Waals surface area contributed by atoms with Crippen LogP contribution in [0.3, 0.4) is 0 Å². The first-order valence-corrected chi connectivity index (χ1v) is 9.86. The summed E-state index contributed by atoms with van der Waals surface area (Å²) in [6, 6.07) is 8.52. The average molecular weight is 416 g/mol. The molecule has 10 heteroatoms. The van der Waals surface area contributed by atoms with Crippen molar-refractivity contribution in [2.75, 3.05) is 11.4 Å². The molecule has 1 aliphatic rings. The van der Waals surface area contributed by atoms with E-state index in [9.17, 15) is 4.39 Å². The zero-order chi connectivity index (χ0) is 20.9. The van der Waals surface area contributed by atoms with Gasteiger partial charge in [0.05, 0.1) is 23.3 Å². The van der Waals surface area contributed by atoms with Crippen molar-refractivity contribution in [3.8, 4) is 11.5 Å². The van der Waals surface area contributed by atoms with Gasteiger partial charge in [0.2, 0.25) is 0 Å². The van der Waals surface area contributed by atoms with Crippen molar-refractivity contribution in [2.24, 2.45) is 0 Å². The third-order valence-corrected chi connectivity index (χ3v) is 5.49. The van der Waals surface area contributed by atoms with Crippen LogP contribution in [0.15, 0.2) is 53.5 Å². The topological polar surface area (TPSA) is 101 Å². The third-order valence-electron chi connectivity index (χ3n) is 5.49. The zero-order valence-corrected chi connectivity index (χ0v) is 16.5. The molecule has 1 atom stereocenters. The minimum atomic E-state index is -0.390. The molecular formula is C21H17FN8O. The van der Waals surface area contributed by atoms with Gasteiger partial charge in [0.1, 0.15) is 17.4 Å². The van der Waals surface area contributed by atoms with Crippen LogP contribution < -0.4 is 4.90 Å². The Bertz CT molecular complexity index is 1390. The Kier molecular flexibility index (Phi) is 3.85. The van der Waals surface area contributed by atoms with E-state index < -0.39 is 6.04 Å². The predicted octanol–water partition coefficient (Wildman–Crippen LogP) is 3.10. The van der Waals surface area contributed by atoms with Crippen LogP contribution in [0.4, 0.5) is 10.4 Å². The van der Waals surface area contributed by atoms with Crippen LogP contribution in [-0.4, -0.2) is 41.3 Å². The first kappa shape index (κ1) is 17.8. The maximum Gasteiger partial charge on any atom is 0.319 e. The molecule has 5 aromatic heterocycles. The number of fused-ring (bicyclic) bond motifs is 2. The molecular weight excluding hydrogens is 399 g/mol. The SMILES string of the molecule is Cc1ccc(-c2nnc(N3CCc4[nH]cnc4[C@H]3c3cc4c(F)cccn4n3)o2)cn1. The second kappa shape index (κ2) is 6.73. The molecule has 0 aromatic carbocycles. The van der Waals surface area contributed by atoms with E-state index in [-0.39, 0.29) is 5.82 Å². The molecule has 0 bridgehead atoms. The van der Waals surface area contributed by atoms with E-state index in [1.165, 1.54) is 10.6 Å². The number of hydrogen-bond acceptors (Lipinski definition) is 7. The lowest BCUT2D eigenvalue weighted by Gasteiger charge is -2.32. The maximum absolute atomic E-state index is 14.3. The summed E-state index contributed by atoms with van der Waals surface area (Å²) in [4.78, 5) is 14.0. The van der Waals surface area contributed by atoms with E-state index in [0.29, 0.717) is 29.7 Å². The number of H-pyrrole nitrogens is 1. The summed E-state index contributed by atoms with van der Waals surface area (Å²) in [5.74, 6) is 0.0490. The molecule has 1 aliphatic heterocycles. The number of imidazole rings is 1. The van der Waals surface area contributed by atoms with Crippen molar-refractivity contribution in [2.45, 2.75) is 19.4 Å². The van der Waals surface area contributed by atoms with E-state index in [0.717, 1.165) is 29.1 Å². The highest BCUT2D eigenvalue weighted by atomic mass is 19.1. The zero-order valence-electron chi connectivity index (χ0n) is 16.5. The van der Waals surface area contributed by atoms with Gasteiger partial charge < -0.3 is 14.3 Å². The third kappa shape index (κ3) is 2.87. The summed E-state index contributed by atoms with van der Waals surface area (Å²) in [6.45, 7) is 2.53. The lowest BCUT2D eigenvalue weighted by Crippen LogP contribution is -2.36. The number of pyridine rings is 2. The molecule has 0 saturated heterocycles. The Hall–Kier alpha value is -4.08. The number of aromatic nitrogens is 7. The Morgan fingerprint density at radius 2 is 2.13 bits per heavy atom. The molecule has 6 rings (SSSR count). The summed E-state index contributed by atoms with van der Waals surface area (Å²) >= 11 is 0. The van der Waals surface area contributed by atoms with Gasteiger partial charge in [-0.1, -0.05) is 5.10 Å². The smallest absolute Gasteiger partial charge is 0.319 e. The van der Waals surface area contributed by atoms with Crippen LogP contribution in [0.25, 0.3) is 17.0 Å². The van der Waals surface area contributed by atoms with E-state index >= 15 is 0 Å². The molecule has 0 amide bonds. The fraction of sp³-hybridized carbons (Fsp3) is 0.190. The molecule has 0 fully saturated rings. The van der Waals surface area contributed by atoms with E-state index in [2.05, 4.69) is 30.2 Å². The normalized spacial score (nSPS) is 16.1. The Morgan fingerprint density at radius 1 is 1.19 bits per heavy atom. The fourth-order valence-corrected chi connectivity index (χ4v) is 3.96. The van der Waals surface area contributed by atoms with Crippen molar-refractivity contribution in [1.82, 2.24) is 34.8 Å². The molecule has 9 nitrogen and oxygen atoms in total. The Balaban J connectivity index is 1.44. The molecule has 31 heavy (non-hydrogen) atoms. The van der Waals surface area contributed by atoms with Crippen molar-refractivity contribution in [3.63, 3.8) is 0 Å². The van der Waals surface area contributed by atoms with Gasteiger partial charge in [0, 0.05) is 36.7 Å². The minimum Gasteiger partial charge on any atom is -0.403 e. The number of hydrogen-bond donors (Lipinski definition) is 1. The number of aromatic amines is 1. The van der Waals surface area contributed by atoms with Gasteiger partial charge in [0.15, 0.2) is 0 Å². The van der Waals surface area contributed by atoms with Crippen molar-refractivity contribution in [1.29, 1.82) is 0 Å². The van der Waals surface area contributed by atoms with Gasteiger partial charge in [-0.15, -0.1) is 5.10 Å². The Morgan fingerprint density at radius 3 is 2.97 bits per heavy atom. The van der Waals surface area contributed by atoms with Crippen molar-refractivity contribution < 1.29 is 8.81 Å². The molecule has 0 spiro atoms. The first-order chi connectivity index (χ1) is 15.2. The Labute approximate surface area is 175 Å². The van der Waals surface area contributed by atoms with Crippen LogP contribution in [0.5, 0.6) is 0 Å². The number of rotatable bonds is 3. The van der Waals surface area contributed by atoms with Crippen LogP contribution >= 0.6 is 0 Å². The molecule has 5 aromatic rings. The quantitative estimate of drug-likeness (QED) is 0.482. The van der Waals surface area contributed by atoms with Gasteiger partial charge >= 0.3 is 6.01 Å². The van der Waals surface area contributed by atoms with Crippen molar-refractivity contribution >= 4 is 11.5 Å². The highest BCUT2D eigenvalue weighted by Gasteiger charge is 2.36. The number of aryl methyl sites for hydroxylation is 1. The highest BCUT2D eigenvalue weighted by Crippen LogP contribution is 2.37. The fourth-order valence-electron chi connectivity index (χ4n) is 3.96. The van der Waals surface area contributed by atoms with Crippen LogP contribution in [0.2, 0.25) is 0 Å². The second-order valence-corrected chi connectivity index (χ2v) is 7.45. The van der Waals surface area contributed by atoms with E-state index in [1.54, 1.807) is 30.9 Å². The molecule has 0 saturated carbocycles. The van der Waals surface area contributed by atoms with Crippen LogP contribution in [0, 0.1) is 12.7 Å². The molecule has 0 unspecified atom stereocenters. The monoisotopic (exact) mass is 416 g/mol. The van der Waals surface area contributed by atoms with Crippen molar-refractivity contribution in [3.05, 3.63) is 77.6 Å². The number of anilines is 1. The lowest BCUT2D eigenvalue weighted by molar-refractivity contribution is 0.503. The second-order valence-electron chi connectivity index (χ2n) is 7.45. The van der Waals surface area contributed by atoms with Gasteiger partial charge in [-0.05, 0) is 37.3 Å². The predicted molar refractivity (Wildman–Crippen MR) is 109 cm³/mol. The minimum absolute atomic E-state index is 0.335. The van der Waals surface area contributed by atoms with E-state index in [1.807, 2.05) is 24.0 Å². The standard InChI is InChI=1S/C21H17FN8O/c1-12-4-5-13(10-23-12)20-26-27-21(31-20)29-8-6-15-18(25-11-24-15)19(29)16-9-17-14(22)3-2-7-30(17)28-16/h2-5,7,9-11,19H,6,8H2,1H3,(H,24,25)/t19-/m1/s1. The molecule has 154 valence electrons. The average Bonchev–Trinajstić information content (AvgIpc) is 3.52. The van der Waals surface area contributed by atoms with Crippen LogP contribution in [-0.2, 0) is 6.42 Å². The molecule has 6 heterocycles. The molecule has 1 N–H and O–H groups in total. The summed E-state index contributed by atoms with van der Waals surface area (Å²) in [6.07, 6.45) is 5.82. The van der Waals surface area contributed by atoms with Gasteiger partial charge in [-0.2, -0.15) is 5.10 Å². The number of nitrogens with one attached hydrogen (secondary N) is 1. The largest absolute Gasteiger partial charge is 0.403 e.